The number of hydrogen-bond donors (Lipinski definition) is 1. The molecule has 0 aromatic heterocycles. The van der Waals surface area contributed by atoms with Gasteiger partial charge in [0, 0.05) is 12.0 Å². The van der Waals surface area contributed by atoms with Crippen LogP contribution in [0.15, 0.2) is 24.3 Å². The summed E-state index contributed by atoms with van der Waals surface area (Å²) in [6, 6.07) is 6.55. The zero-order chi connectivity index (χ0) is 12.1. The van der Waals surface area contributed by atoms with Gasteiger partial charge in [-0.2, -0.15) is 0 Å². The number of carbonyl (C=O) groups excluding carboxylic acids is 1. The van der Waals surface area contributed by atoms with Crippen LogP contribution in [-0.4, -0.2) is 16.6 Å². The van der Waals surface area contributed by atoms with E-state index >= 15 is 0 Å². The number of rotatable bonds is 5. The lowest BCUT2D eigenvalue weighted by molar-refractivity contribution is 0.0554. The Kier molecular flexibility index (Phi) is 4.77. The first kappa shape index (κ1) is 13.0. The monoisotopic (exact) mass is 242 g/mol. The Bertz CT molecular complexity index is 344. The van der Waals surface area contributed by atoms with Crippen molar-refractivity contribution in [3.05, 3.63) is 29.8 Å². The second kappa shape index (κ2) is 5.87. The molecule has 0 aliphatic rings. The fourth-order valence-electron chi connectivity index (χ4n) is 1.32. The van der Waals surface area contributed by atoms with Crippen molar-refractivity contribution in [2.75, 3.05) is 0 Å². The van der Waals surface area contributed by atoms with Gasteiger partial charge in [0.25, 0.3) is 5.75 Å². The fraction of sp³-hybridized carbons (Fsp3) is 0.417. The van der Waals surface area contributed by atoms with Crippen LogP contribution in [0.2, 0.25) is 0 Å². The maximum atomic E-state index is 11.7. The minimum Gasteiger partial charge on any atom is -0.451 e. The van der Waals surface area contributed by atoms with Gasteiger partial charge in [-0.15, -0.1) is 0 Å². The number of ether oxygens (including phenoxy) is 1. The molecule has 16 heavy (non-hydrogen) atoms. The van der Waals surface area contributed by atoms with E-state index in [-0.39, 0.29) is 5.78 Å². The molecule has 88 valence electrons. The van der Waals surface area contributed by atoms with Gasteiger partial charge in [-0.05, 0) is 41.8 Å². The lowest BCUT2D eigenvalue weighted by Crippen LogP contribution is -2.07. The molecule has 1 atom stereocenters. The highest BCUT2D eigenvalue weighted by Crippen LogP contribution is 2.16. The number of alkyl halides is 1. The normalized spacial score (nSPS) is 12.6. The van der Waals surface area contributed by atoms with Crippen molar-refractivity contribution in [2.24, 2.45) is 5.92 Å². The molecular weight excluding hydrogens is 228 g/mol. The average Bonchev–Trinajstić information content (AvgIpc) is 2.16. The molecule has 0 aliphatic carbocycles. The molecule has 0 radical (unpaired) electrons. The SMILES string of the molecule is CC(C)CC(=O)c1ccc(OC(O)Cl)cc1. The zero-order valence-corrected chi connectivity index (χ0v) is 10.1. The van der Waals surface area contributed by atoms with E-state index in [9.17, 15) is 4.79 Å². The summed E-state index contributed by atoms with van der Waals surface area (Å²) in [5.41, 5.74) is 0.644. The van der Waals surface area contributed by atoms with Crippen LogP contribution in [0.4, 0.5) is 0 Å². The van der Waals surface area contributed by atoms with Crippen LogP contribution in [0.3, 0.4) is 0 Å². The van der Waals surface area contributed by atoms with Crippen LogP contribution in [0.5, 0.6) is 5.75 Å². The number of aliphatic hydroxyl groups excluding tert-OH is 1. The number of aliphatic hydroxyl groups is 1. The molecule has 1 N–H and O–H groups in total. The van der Waals surface area contributed by atoms with Gasteiger partial charge in [0.1, 0.15) is 5.75 Å². The third-order valence-electron chi connectivity index (χ3n) is 2.00. The third kappa shape index (κ3) is 4.21. The summed E-state index contributed by atoms with van der Waals surface area (Å²) in [5, 5.41) is 8.78. The van der Waals surface area contributed by atoms with Crippen LogP contribution < -0.4 is 4.74 Å². The van der Waals surface area contributed by atoms with Gasteiger partial charge in [-0.3, -0.25) is 4.79 Å². The Morgan fingerprint density at radius 3 is 2.38 bits per heavy atom. The lowest BCUT2D eigenvalue weighted by atomic mass is 10.0. The van der Waals surface area contributed by atoms with E-state index in [0.717, 1.165) is 0 Å². The molecule has 0 spiro atoms. The van der Waals surface area contributed by atoms with Crippen LogP contribution in [0.25, 0.3) is 0 Å². The third-order valence-corrected chi connectivity index (χ3v) is 2.09. The van der Waals surface area contributed by atoms with Crippen LogP contribution in [-0.2, 0) is 0 Å². The van der Waals surface area contributed by atoms with Crippen molar-refractivity contribution in [3.63, 3.8) is 0 Å². The molecule has 0 amide bonds. The summed E-state index contributed by atoms with van der Waals surface area (Å²) in [5.74, 6) is -0.484. The second-order valence-electron chi connectivity index (χ2n) is 3.96. The zero-order valence-electron chi connectivity index (χ0n) is 9.31. The van der Waals surface area contributed by atoms with Crippen LogP contribution in [0, 0.1) is 5.92 Å². The molecule has 4 heteroatoms. The van der Waals surface area contributed by atoms with E-state index in [1.807, 2.05) is 13.8 Å². The molecule has 0 bridgehead atoms. The standard InChI is InChI=1S/C12H15ClO3/c1-8(2)7-11(14)9-3-5-10(6-4-9)16-12(13)15/h3-6,8,12,15H,7H2,1-2H3. The van der Waals surface area contributed by atoms with Crippen molar-refractivity contribution in [1.82, 2.24) is 0 Å². The summed E-state index contributed by atoms with van der Waals surface area (Å²) < 4.78 is 4.84. The molecule has 3 nitrogen and oxygen atoms in total. The van der Waals surface area contributed by atoms with Crippen LogP contribution in [0.1, 0.15) is 30.6 Å². The highest BCUT2D eigenvalue weighted by atomic mass is 35.5. The van der Waals surface area contributed by atoms with Gasteiger partial charge < -0.3 is 9.84 Å². The molecule has 0 saturated heterocycles. The Hall–Kier alpha value is -1.06. The fourth-order valence-corrected chi connectivity index (χ4v) is 1.42. The Balaban J connectivity index is 2.67. The number of Topliss-reactive ketones (excluding diaryl/α,β-unsaturated/α-hetero) is 1. The van der Waals surface area contributed by atoms with Gasteiger partial charge in [0.05, 0.1) is 0 Å². The summed E-state index contributed by atoms with van der Waals surface area (Å²) in [7, 11) is 0. The smallest absolute Gasteiger partial charge is 0.277 e. The van der Waals surface area contributed by atoms with Crippen molar-refractivity contribution in [3.8, 4) is 5.75 Å². The molecule has 0 saturated carbocycles. The van der Waals surface area contributed by atoms with Crippen molar-refractivity contribution >= 4 is 17.4 Å². The summed E-state index contributed by atoms with van der Waals surface area (Å²) in [4.78, 5) is 11.7. The predicted molar refractivity (Wildman–Crippen MR) is 62.7 cm³/mol. The number of hydrogen-bond acceptors (Lipinski definition) is 3. The molecule has 0 fully saturated rings. The maximum absolute atomic E-state index is 11.7. The van der Waals surface area contributed by atoms with Crippen molar-refractivity contribution in [2.45, 2.75) is 26.0 Å². The first-order valence-electron chi connectivity index (χ1n) is 5.11. The number of benzene rings is 1. The topological polar surface area (TPSA) is 46.5 Å². The summed E-state index contributed by atoms with van der Waals surface area (Å²) in [6.07, 6.45) is 0.526. The number of ketones is 1. The van der Waals surface area contributed by atoms with Gasteiger partial charge >= 0.3 is 0 Å². The second-order valence-corrected chi connectivity index (χ2v) is 4.33. The molecule has 1 rings (SSSR count). The quantitative estimate of drug-likeness (QED) is 0.491. The Morgan fingerprint density at radius 2 is 1.94 bits per heavy atom. The van der Waals surface area contributed by atoms with Crippen molar-refractivity contribution < 1.29 is 14.6 Å². The van der Waals surface area contributed by atoms with Gasteiger partial charge in [-0.1, -0.05) is 13.8 Å². The lowest BCUT2D eigenvalue weighted by Gasteiger charge is -2.08. The molecule has 0 heterocycles. The summed E-state index contributed by atoms with van der Waals surface area (Å²) in [6.45, 7) is 4.00. The van der Waals surface area contributed by atoms with Crippen LogP contribution >= 0.6 is 11.6 Å². The van der Waals surface area contributed by atoms with E-state index in [2.05, 4.69) is 0 Å². The highest BCUT2D eigenvalue weighted by molar-refractivity contribution is 6.18. The Morgan fingerprint density at radius 1 is 1.38 bits per heavy atom. The van der Waals surface area contributed by atoms with E-state index in [1.54, 1.807) is 24.3 Å². The highest BCUT2D eigenvalue weighted by Gasteiger charge is 2.08. The van der Waals surface area contributed by atoms with E-state index in [1.165, 1.54) is 0 Å². The minimum absolute atomic E-state index is 0.105. The first-order chi connectivity index (χ1) is 7.49. The predicted octanol–water partition coefficient (Wildman–Crippen LogP) is 2.81. The molecule has 1 aromatic carbocycles. The van der Waals surface area contributed by atoms with E-state index in [4.69, 9.17) is 21.4 Å². The average molecular weight is 243 g/mol. The van der Waals surface area contributed by atoms with Crippen molar-refractivity contribution in [1.29, 1.82) is 0 Å². The van der Waals surface area contributed by atoms with E-state index < -0.39 is 5.75 Å². The molecular formula is C12H15ClO3. The summed E-state index contributed by atoms with van der Waals surface area (Å²) >= 11 is 5.25. The molecule has 1 aromatic rings. The minimum atomic E-state index is -1.36. The first-order valence-corrected chi connectivity index (χ1v) is 5.54. The van der Waals surface area contributed by atoms with Gasteiger partial charge in [-0.25, -0.2) is 0 Å². The maximum Gasteiger partial charge on any atom is 0.277 e. The number of halogens is 1. The largest absolute Gasteiger partial charge is 0.451 e. The molecule has 1 unspecified atom stereocenters. The van der Waals surface area contributed by atoms with Gasteiger partial charge in [0.15, 0.2) is 5.78 Å². The van der Waals surface area contributed by atoms with E-state index in [0.29, 0.717) is 23.7 Å². The molecule has 0 aliphatic heterocycles. The Labute approximate surface area is 100.0 Å². The number of carbonyl (C=O) groups is 1. The van der Waals surface area contributed by atoms with Gasteiger partial charge in [0.2, 0.25) is 0 Å².